The van der Waals surface area contributed by atoms with Crippen molar-refractivity contribution in [1.29, 1.82) is 0 Å². The highest BCUT2D eigenvalue weighted by atomic mass is 16.6. The van der Waals surface area contributed by atoms with Crippen LogP contribution in [0.25, 0.3) is 11.1 Å². The van der Waals surface area contributed by atoms with Crippen LogP contribution in [0.5, 0.6) is 0 Å². The van der Waals surface area contributed by atoms with Crippen LogP contribution < -0.4 is 10.6 Å². The van der Waals surface area contributed by atoms with E-state index in [0.29, 0.717) is 5.69 Å². The number of hydrogen-bond donors (Lipinski definition) is 2. The lowest BCUT2D eigenvalue weighted by atomic mass is 10.0. The van der Waals surface area contributed by atoms with Crippen LogP contribution in [0.15, 0.2) is 115 Å². The van der Waals surface area contributed by atoms with Gasteiger partial charge in [0.2, 0.25) is 5.91 Å². The number of aryl methyl sites for hydroxylation is 1. The molecule has 2 amide bonds. The number of methoxy groups -OCH3 is 1. The molecule has 1 atom stereocenters. The van der Waals surface area contributed by atoms with Gasteiger partial charge in [-0.15, -0.1) is 0 Å². The SMILES string of the molecule is COC(=O)C1C=CC=C(C(=O)NCC(=O)Nc2ccc([N+](=O)[O-])cc2)C=C1.Cc1ccc(-c2ccccc2)cc1. The van der Waals surface area contributed by atoms with Gasteiger partial charge in [0.1, 0.15) is 0 Å². The molecule has 0 saturated carbocycles. The number of nitro groups is 1. The maximum atomic E-state index is 12.1. The summed E-state index contributed by atoms with van der Waals surface area (Å²) in [6.45, 7) is 1.82. The van der Waals surface area contributed by atoms with E-state index in [1.165, 1.54) is 66.3 Å². The van der Waals surface area contributed by atoms with Gasteiger partial charge in [-0.25, -0.2) is 0 Å². The predicted molar refractivity (Wildman–Crippen MR) is 153 cm³/mol. The molecule has 40 heavy (non-hydrogen) atoms. The first-order chi connectivity index (χ1) is 19.3. The van der Waals surface area contributed by atoms with Crippen LogP contribution in [0, 0.1) is 23.0 Å². The maximum Gasteiger partial charge on any atom is 0.316 e. The Balaban J connectivity index is 0.000000281. The lowest BCUT2D eigenvalue weighted by Gasteiger charge is -2.07. The second-order valence-electron chi connectivity index (χ2n) is 8.68. The van der Waals surface area contributed by atoms with E-state index >= 15 is 0 Å². The molecule has 0 radical (unpaired) electrons. The summed E-state index contributed by atoms with van der Waals surface area (Å²) in [5.41, 5.74) is 4.43. The van der Waals surface area contributed by atoms with Crippen molar-refractivity contribution in [2.75, 3.05) is 19.0 Å². The Morgan fingerprint density at radius 1 is 0.900 bits per heavy atom. The molecule has 9 heteroatoms. The number of anilines is 1. The quantitative estimate of drug-likeness (QED) is 0.243. The topological polar surface area (TPSA) is 128 Å². The van der Waals surface area contributed by atoms with Crippen molar-refractivity contribution in [3.05, 3.63) is 130 Å². The number of nitrogens with one attached hydrogen (secondary N) is 2. The van der Waals surface area contributed by atoms with E-state index in [-0.39, 0.29) is 17.8 Å². The van der Waals surface area contributed by atoms with Crippen LogP contribution >= 0.6 is 0 Å². The molecule has 0 aromatic heterocycles. The summed E-state index contributed by atoms with van der Waals surface area (Å²) in [6, 6.07) is 24.3. The summed E-state index contributed by atoms with van der Waals surface area (Å²) in [5.74, 6) is -2.00. The van der Waals surface area contributed by atoms with Gasteiger partial charge in [0.05, 0.1) is 24.5 Å². The first-order valence-electron chi connectivity index (χ1n) is 12.4. The van der Waals surface area contributed by atoms with Gasteiger partial charge in [0, 0.05) is 23.4 Å². The van der Waals surface area contributed by atoms with Crippen molar-refractivity contribution in [2.24, 2.45) is 5.92 Å². The highest BCUT2D eigenvalue weighted by molar-refractivity contribution is 6.00. The van der Waals surface area contributed by atoms with E-state index in [1.807, 2.05) is 6.07 Å². The molecule has 0 heterocycles. The zero-order chi connectivity index (χ0) is 28.9. The zero-order valence-corrected chi connectivity index (χ0v) is 22.1. The molecule has 2 N–H and O–H groups in total. The molecule has 204 valence electrons. The summed E-state index contributed by atoms with van der Waals surface area (Å²) in [4.78, 5) is 45.6. The molecule has 3 aromatic rings. The summed E-state index contributed by atoms with van der Waals surface area (Å²) >= 11 is 0. The van der Waals surface area contributed by atoms with Gasteiger partial charge in [-0.05, 0) is 36.3 Å². The molecule has 1 aliphatic carbocycles. The third-order valence-corrected chi connectivity index (χ3v) is 5.74. The fraction of sp³-hybridized carbons (Fsp3) is 0.129. The number of hydrogen-bond acceptors (Lipinski definition) is 6. The Kier molecular flexibility index (Phi) is 10.7. The number of nitro benzene ring substituents is 1. The van der Waals surface area contributed by atoms with Crippen LogP contribution in [0.1, 0.15) is 5.56 Å². The van der Waals surface area contributed by atoms with E-state index in [2.05, 4.69) is 70.8 Å². The Morgan fingerprint density at radius 2 is 1.55 bits per heavy atom. The number of rotatable bonds is 7. The lowest BCUT2D eigenvalue weighted by molar-refractivity contribution is -0.384. The second-order valence-corrected chi connectivity index (χ2v) is 8.68. The predicted octanol–water partition coefficient (Wildman–Crippen LogP) is 5.15. The zero-order valence-electron chi connectivity index (χ0n) is 22.1. The molecule has 1 aliphatic rings. The van der Waals surface area contributed by atoms with Gasteiger partial charge < -0.3 is 15.4 Å². The van der Waals surface area contributed by atoms with Crippen molar-refractivity contribution < 1.29 is 24.0 Å². The van der Waals surface area contributed by atoms with E-state index in [4.69, 9.17) is 0 Å². The minimum Gasteiger partial charge on any atom is -0.468 e. The summed E-state index contributed by atoms with van der Waals surface area (Å²) in [7, 11) is 1.28. The molecule has 1 unspecified atom stereocenters. The third kappa shape index (κ3) is 8.91. The molecule has 0 spiro atoms. The Hall–Kier alpha value is -5.31. The molecule has 0 saturated heterocycles. The third-order valence-electron chi connectivity index (χ3n) is 5.74. The Morgan fingerprint density at radius 3 is 2.17 bits per heavy atom. The number of carbonyl (C=O) groups is 3. The molecule has 0 aliphatic heterocycles. The van der Waals surface area contributed by atoms with E-state index in [0.717, 1.165) is 0 Å². The molecular formula is C31H29N3O6. The van der Waals surface area contributed by atoms with E-state index < -0.39 is 28.6 Å². The molecule has 4 rings (SSSR count). The summed E-state index contributed by atoms with van der Waals surface area (Å²) < 4.78 is 4.64. The average molecular weight is 540 g/mol. The van der Waals surface area contributed by atoms with Crippen molar-refractivity contribution in [2.45, 2.75) is 6.92 Å². The fourth-order valence-corrected chi connectivity index (χ4v) is 3.56. The second kappa shape index (κ2) is 14.6. The van der Waals surface area contributed by atoms with E-state index in [9.17, 15) is 24.5 Å². The van der Waals surface area contributed by atoms with Gasteiger partial charge in [0.15, 0.2) is 0 Å². The molecule has 0 fully saturated rings. The Bertz CT molecular complexity index is 1430. The maximum absolute atomic E-state index is 12.1. The summed E-state index contributed by atoms with van der Waals surface area (Å²) in [6.07, 6.45) is 7.67. The van der Waals surface area contributed by atoms with Crippen LogP contribution in [0.3, 0.4) is 0 Å². The molecule has 3 aromatic carbocycles. The minimum atomic E-state index is -0.581. The first kappa shape index (κ1) is 29.2. The van der Waals surface area contributed by atoms with E-state index in [1.54, 1.807) is 12.2 Å². The smallest absolute Gasteiger partial charge is 0.316 e. The number of ether oxygens (including phenoxy) is 1. The fourth-order valence-electron chi connectivity index (χ4n) is 3.56. The summed E-state index contributed by atoms with van der Waals surface area (Å²) in [5, 5.41) is 15.6. The monoisotopic (exact) mass is 539 g/mol. The van der Waals surface area contributed by atoms with Crippen LogP contribution in [-0.4, -0.2) is 36.4 Å². The average Bonchev–Trinajstić information content (AvgIpc) is 3.24. The van der Waals surface area contributed by atoms with Crippen molar-refractivity contribution in [3.8, 4) is 11.1 Å². The molecule has 9 nitrogen and oxygen atoms in total. The van der Waals surface area contributed by atoms with Crippen molar-refractivity contribution in [3.63, 3.8) is 0 Å². The van der Waals surface area contributed by atoms with Crippen molar-refractivity contribution in [1.82, 2.24) is 5.32 Å². The first-order valence-corrected chi connectivity index (χ1v) is 12.4. The van der Waals surface area contributed by atoms with Crippen LogP contribution in [-0.2, 0) is 19.1 Å². The number of nitrogens with zero attached hydrogens (tertiary/aromatic N) is 1. The minimum absolute atomic E-state index is 0.0910. The van der Waals surface area contributed by atoms with Crippen molar-refractivity contribution >= 4 is 29.2 Å². The number of benzene rings is 3. The van der Waals surface area contributed by atoms with Gasteiger partial charge >= 0.3 is 5.97 Å². The number of non-ortho nitro benzene ring substituents is 1. The largest absolute Gasteiger partial charge is 0.468 e. The molecule has 0 bridgehead atoms. The lowest BCUT2D eigenvalue weighted by Crippen LogP contribution is -2.33. The van der Waals surface area contributed by atoms with Gasteiger partial charge in [0.25, 0.3) is 11.6 Å². The van der Waals surface area contributed by atoms with Crippen LogP contribution in [0.2, 0.25) is 0 Å². The molecular weight excluding hydrogens is 510 g/mol. The number of esters is 1. The number of carbonyl (C=O) groups excluding carboxylic acids is 3. The standard InChI is InChI=1S/C18H17N3O6.C13H12/c1-27-18(24)13-4-2-3-12(5-6-13)17(23)19-11-16(22)20-14-7-9-15(10-8-14)21(25)26;1-11-7-9-13(10-8-11)12-5-3-2-4-6-12/h2-10,13H,11H2,1H3,(H,19,23)(H,20,22);2-10H,1H3. The normalized spacial score (nSPS) is 13.6. The highest BCUT2D eigenvalue weighted by Gasteiger charge is 2.16. The number of amides is 2. The highest BCUT2D eigenvalue weighted by Crippen LogP contribution is 2.19. The van der Waals surface area contributed by atoms with Gasteiger partial charge in [-0.3, -0.25) is 24.5 Å². The Labute approximate surface area is 232 Å². The van der Waals surface area contributed by atoms with Gasteiger partial charge in [-0.2, -0.15) is 0 Å². The van der Waals surface area contributed by atoms with Gasteiger partial charge in [-0.1, -0.05) is 84.5 Å². The van der Waals surface area contributed by atoms with Crippen LogP contribution in [0.4, 0.5) is 11.4 Å². The number of allylic oxidation sites excluding steroid dienone is 2.